The molecular formula is C28H23Br2N3O3. The Morgan fingerprint density at radius 2 is 1.42 bits per heavy atom. The van der Waals surface area contributed by atoms with Crippen LogP contribution in [0, 0.1) is 6.92 Å². The van der Waals surface area contributed by atoms with Crippen LogP contribution in [0.15, 0.2) is 99.9 Å². The Balaban J connectivity index is 1.38. The fourth-order valence-corrected chi connectivity index (χ4v) is 5.06. The standard InChI is InChI=1S/C28H23Br2N3O3/c1-18-15-19(29)16-24(30)27(18)36-17-26(34)33-25-10-6-5-9-23(25)28(35)32-22-13-11-21(12-14-22)31-20-7-3-2-4-8-20/h2-16,31H,17H2,1H3,(H,32,35)(H,33,34). The van der Waals surface area contributed by atoms with Crippen molar-refractivity contribution in [2.45, 2.75) is 6.92 Å². The summed E-state index contributed by atoms with van der Waals surface area (Å²) < 4.78 is 7.37. The number of hydrogen-bond acceptors (Lipinski definition) is 4. The van der Waals surface area contributed by atoms with Gasteiger partial charge >= 0.3 is 0 Å². The fourth-order valence-electron chi connectivity index (χ4n) is 3.51. The summed E-state index contributed by atoms with van der Waals surface area (Å²) >= 11 is 6.88. The van der Waals surface area contributed by atoms with E-state index >= 15 is 0 Å². The molecule has 0 bridgehead atoms. The van der Waals surface area contributed by atoms with Crippen LogP contribution < -0.4 is 20.7 Å². The van der Waals surface area contributed by atoms with Crippen LogP contribution in [0.1, 0.15) is 15.9 Å². The first-order valence-corrected chi connectivity index (χ1v) is 12.7. The van der Waals surface area contributed by atoms with Gasteiger partial charge in [0.05, 0.1) is 15.7 Å². The normalized spacial score (nSPS) is 10.4. The molecular weight excluding hydrogens is 586 g/mol. The zero-order valence-corrected chi connectivity index (χ0v) is 22.5. The minimum atomic E-state index is -0.374. The van der Waals surface area contributed by atoms with Crippen molar-refractivity contribution in [3.63, 3.8) is 0 Å². The average Bonchev–Trinajstić information content (AvgIpc) is 2.85. The molecule has 0 radical (unpaired) electrons. The van der Waals surface area contributed by atoms with E-state index in [2.05, 4.69) is 47.8 Å². The second kappa shape index (κ2) is 11.9. The number of para-hydroxylation sites is 2. The fraction of sp³-hybridized carbons (Fsp3) is 0.0714. The van der Waals surface area contributed by atoms with Crippen molar-refractivity contribution in [2.75, 3.05) is 22.6 Å². The molecule has 0 aromatic heterocycles. The van der Waals surface area contributed by atoms with E-state index in [1.165, 1.54) is 0 Å². The van der Waals surface area contributed by atoms with Crippen LogP contribution in [0.4, 0.5) is 22.7 Å². The summed E-state index contributed by atoms with van der Waals surface area (Å²) in [5, 5.41) is 8.96. The molecule has 0 atom stereocenters. The molecule has 0 aliphatic heterocycles. The lowest BCUT2D eigenvalue weighted by atomic mass is 10.1. The van der Waals surface area contributed by atoms with Crippen LogP contribution in [0.5, 0.6) is 5.75 Å². The SMILES string of the molecule is Cc1cc(Br)cc(Br)c1OCC(=O)Nc1ccccc1C(=O)Nc1ccc(Nc2ccccc2)cc1. The van der Waals surface area contributed by atoms with Gasteiger partial charge in [-0.25, -0.2) is 0 Å². The van der Waals surface area contributed by atoms with Gasteiger partial charge in [0.1, 0.15) is 5.75 Å². The largest absolute Gasteiger partial charge is 0.482 e. The molecule has 0 unspecified atom stereocenters. The molecule has 36 heavy (non-hydrogen) atoms. The zero-order valence-electron chi connectivity index (χ0n) is 19.3. The lowest BCUT2D eigenvalue weighted by Gasteiger charge is -2.14. The van der Waals surface area contributed by atoms with E-state index in [9.17, 15) is 9.59 Å². The van der Waals surface area contributed by atoms with Crippen LogP contribution in [0.25, 0.3) is 0 Å². The predicted molar refractivity (Wildman–Crippen MR) is 151 cm³/mol. The summed E-state index contributed by atoms with van der Waals surface area (Å²) in [5.41, 5.74) is 4.15. The number of benzene rings is 4. The first kappa shape index (κ1) is 25.5. The zero-order chi connectivity index (χ0) is 25.5. The van der Waals surface area contributed by atoms with E-state index in [4.69, 9.17) is 4.74 Å². The highest BCUT2D eigenvalue weighted by atomic mass is 79.9. The van der Waals surface area contributed by atoms with E-state index in [1.807, 2.05) is 73.7 Å². The van der Waals surface area contributed by atoms with Crippen molar-refractivity contribution in [2.24, 2.45) is 0 Å². The van der Waals surface area contributed by atoms with Gasteiger partial charge < -0.3 is 20.7 Å². The summed E-state index contributed by atoms with van der Waals surface area (Å²) in [6, 6.07) is 27.8. The summed E-state index contributed by atoms with van der Waals surface area (Å²) in [7, 11) is 0. The number of carbonyl (C=O) groups is 2. The van der Waals surface area contributed by atoms with E-state index in [0.29, 0.717) is 22.7 Å². The van der Waals surface area contributed by atoms with Gasteiger partial charge in [-0.2, -0.15) is 0 Å². The quantitative estimate of drug-likeness (QED) is 0.193. The third kappa shape index (κ3) is 6.74. The van der Waals surface area contributed by atoms with E-state index in [-0.39, 0.29) is 18.4 Å². The third-order valence-electron chi connectivity index (χ3n) is 5.19. The molecule has 3 N–H and O–H groups in total. The Labute approximate surface area is 226 Å². The number of rotatable bonds is 8. The van der Waals surface area contributed by atoms with Gasteiger partial charge in [-0.15, -0.1) is 0 Å². The van der Waals surface area contributed by atoms with Gasteiger partial charge in [0.2, 0.25) is 0 Å². The van der Waals surface area contributed by atoms with Crippen LogP contribution in [-0.4, -0.2) is 18.4 Å². The third-order valence-corrected chi connectivity index (χ3v) is 6.24. The number of halogens is 2. The maximum atomic E-state index is 13.0. The number of aryl methyl sites for hydroxylation is 1. The molecule has 4 aromatic carbocycles. The summed E-state index contributed by atoms with van der Waals surface area (Å²) in [6.45, 7) is 1.69. The van der Waals surface area contributed by atoms with Crippen LogP contribution >= 0.6 is 31.9 Å². The molecule has 182 valence electrons. The molecule has 4 rings (SSSR count). The molecule has 0 heterocycles. The second-order valence-electron chi connectivity index (χ2n) is 7.94. The maximum absolute atomic E-state index is 13.0. The van der Waals surface area contributed by atoms with Gasteiger partial charge in [-0.3, -0.25) is 9.59 Å². The Bertz CT molecular complexity index is 1350. The van der Waals surface area contributed by atoms with Crippen molar-refractivity contribution >= 4 is 66.4 Å². The average molecular weight is 609 g/mol. The first-order chi connectivity index (χ1) is 17.4. The number of carbonyl (C=O) groups excluding carboxylic acids is 2. The van der Waals surface area contributed by atoms with E-state index < -0.39 is 0 Å². The van der Waals surface area contributed by atoms with Crippen LogP contribution in [0.2, 0.25) is 0 Å². The lowest BCUT2D eigenvalue weighted by molar-refractivity contribution is -0.118. The molecule has 0 aliphatic rings. The van der Waals surface area contributed by atoms with Gasteiger partial charge in [0.15, 0.2) is 6.61 Å². The topological polar surface area (TPSA) is 79.5 Å². The highest BCUT2D eigenvalue weighted by molar-refractivity contribution is 9.11. The molecule has 0 saturated heterocycles. The van der Waals surface area contributed by atoms with Crippen molar-refractivity contribution in [3.8, 4) is 5.75 Å². The summed E-state index contributed by atoms with van der Waals surface area (Å²) in [4.78, 5) is 25.6. The smallest absolute Gasteiger partial charge is 0.262 e. The molecule has 0 aliphatic carbocycles. The molecule has 8 heteroatoms. The molecule has 0 saturated carbocycles. The maximum Gasteiger partial charge on any atom is 0.262 e. The van der Waals surface area contributed by atoms with Crippen molar-refractivity contribution in [1.29, 1.82) is 0 Å². The van der Waals surface area contributed by atoms with E-state index in [1.54, 1.807) is 24.3 Å². The minimum absolute atomic E-state index is 0.201. The number of hydrogen-bond donors (Lipinski definition) is 3. The predicted octanol–water partition coefficient (Wildman–Crippen LogP) is 7.53. The summed E-state index contributed by atoms with van der Waals surface area (Å²) in [6.07, 6.45) is 0. The highest BCUT2D eigenvalue weighted by Gasteiger charge is 2.15. The number of anilines is 4. The van der Waals surface area contributed by atoms with Crippen LogP contribution in [-0.2, 0) is 4.79 Å². The number of amides is 2. The number of nitrogens with one attached hydrogen (secondary N) is 3. The first-order valence-electron chi connectivity index (χ1n) is 11.1. The van der Waals surface area contributed by atoms with Crippen molar-refractivity contribution < 1.29 is 14.3 Å². The van der Waals surface area contributed by atoms with Gasteiger partial charge in [0, 0.05) is 21.5 Å². The van der Waals surface area contributed by atoms with Gasteiger partial charge in [-0.1, -0.05) is 46.3 Å². The van der Waals surface area contributed by atoms with Crippen molar-refractivity contribution in [1.82, 2.24) is 0 Å². The van der Waals surface area contributed by atoms with Crippen molar-refractivity contribution in [3.05, 3.63) is 111 Å². The van der Waals surface area contributed by atoms with Crippen LogP contribution in [0.3, 0.4) is 0 Å². The minimum Gasteiger partial charge on any atom is -0.482 e. The highest BCUT2D eigenvalue weighted by Crippen LogP contribution is 2.32. The summed E-state index contributed by atoms with van der Waals surface area (Å²) in [5.74, 6) is -0.118. The molecule has 0 fully saturated rings. The second-order valence-corrected chi connectivity index (χ2v) is 9.71. The van der Waals surface area contributed by atoms with Gasteiger partial charge in [-0.05, 0) is 89.1 Å². The van der Waals surface area contributed by atoms with Gasteiger partial charge in [0.25, 0.3) is 11.8 Å². The molecule has 2 amide bonds. The Morgan fingerprint density at radius 1 is 0.778 bits per heavy atom. The Kier molecular flexibility index (Phi) is 8.40. The monoisotopic (exact) mass is 607 g/mol. The lowest BCUT2D eigenvalue weighted by Crippen LogP contribution is -2.23. The molecule has 4 aromatic rings. The van der Waals surface area contributed by atoms with E-state index in [0.717, 1.165) is 25.9 Å². The number of ether oxygens (including phenoxy) is 1. The Hall–Kier alpha value is -3.62. The molecule has 6 nitrogen and oxygen atoms in total. The molecule has 0 spiro atoms. The Morgan fingerprint density at radius 3 is 2.14 bits per heavy atom.